The fraction of sp³-hybridized carbons (Fsp3) is 0.182. The number of hydrogen-bond donors (Lipinski definition) is 1. The Balaban J connectivity index is 1.54. The van der Waals surface area contributed by atoms with Gasteiger partial charge < -0.3 is 15.0 Å². The van der Waals surface area contributed by atoms with Crippen LogP contribution in [-0.2, 0) is 10.2 Å². The quantitative estimate of drug-likeness (QED) is 0.311. The van der Waals surface area contributed by atoms with Gasteiger partial charge in [-0.1, -0.05) is 48.5 Å². The van der Waals surface area contributed by atoms with Gasteiger partial charge in [0.2, 0.25) is 5.91 Å². The van der Waals surface area contributed by atoms with E-state index < -0.39 is 23.4 Å². The molecule has 1 aromatic heterocycles. The second-order valence-electron chi connectivity index (χ2n) is 10.4. The van der Waals surface area contributed by atoms with Gasteiger partial charge in [0, 0.05) is 22.5 Å². The fourth-order valence-electron chi connectivity index (χ4n) is 6.89. The van der Waals surface area contributed by atoms with Crippen LogP contribution < -0.4 is 15.0 Å². The van der Waals surface area contributed by atoms with Crippen molar-refractivity contribution >= 4 is 45.8 Å². The van der Waals surface area contributed by atoms with Crippen molar-refractivity contribution in [2.75, 3.05) is 17.3 Å². The largest absolute Gasteiger partial charge is 0.497 e. The average molecular weight is 547 g/mol. The van der Waals surface area contributed by atoms with Crippen LogP contribution in [0.15, 0.2) is 96.4 Å². The maximum atomic E-state index is 14.7. The number of hydrogen-bond acceptors (Lipinski definition) is 6. The van der Waals surface area contributed by atoms with Crippen LogP contribution in [0.5, 0.6) is 5.75 Å². The second kappa shape index (κ2) is 9.03. The van der Waals surface area contributed by atoms with E-state index in [1.165, 1.54) is 11.3 Å². The number of nitrogens with one attached hydrogen (secondary N) is 1. The lowest BCUT2D eigenvalue weighted by Crippen LogP contribution is -2.51. The molecule has 1 amide bonds. The summed E-state index contributed by atoms with van der Waals surface area (Å²) in [5, 5.41) is 4.93. The molecule has 1 saturated heterocycles. The molecule has 6 nitrogen and oxygen atoms in total. The number of ketones is 2. The number of Topliss-reactive ketones (excluding diaryl/α,β-unsaturated/α-hetero) is 2. The van der Waals surface area contributed by atoms with Gasteiger partial charge in [-0.15, -0.1) is 11.3 Å². The van der Waals surface area contributed by atoms with Gasteiger partial charge >= 0.3 is 0 Å². The third-order valence-corrected chi connectivity index (χ3v) is 9.46. The Morgan fingerprint density at radius 3 is 2.42 bits per heavy atom. The van der Waals surface area contributed by atoms with Gasteiger partial charge in [0.15, 0.2) is 11.6 Å². The average Bonchev–Trinajstić information content (AvgIpc) is 3.70. The molecule has 3 aliphatic rings. The molecule has 4 aromatic rings. The number of amides is 1. The summed E-state index contributed by atoms with van der Waals surface area (Å²) in [6.07, 6.45) is 2.07. The van der Waals surface area contributed by atoms with E-state index in [1.807, 2.05) is 71.8 Å². The maximum absolute atomic E-state index is 14.7. The van der Waals surface area contributed by atoms with Gasteiger partial charge in [-0.2, -0.15) is 0 Å². The Morgan fingerprint density at radius 1 is 0.925 bits per heavy atom. The Morgan fingerprint density at radius 2 is 1.68 bits per heavy atom. The first-order valence-corrected chi connectivity index (χ1v) is 14.1. The lowest BCUT2D eigenvalue weighted by atomic mass is 9.64. The van der Waals surface area contributed by atoms with Crippen molar-refractivity contribution in [3.8, 4) is 5.75 Å². The van der Waals surface area contributed by atoms with Crippen molar-refractivity contribution in [2.45, 2.75) is 24.4 Å². The van der Waals surface area contributed by atoms with E-state index in [2.05, 4.69) is 11.4 Å². The van der Waals surface area contributed by atoms with Gasteiger partial charge in [-0.25, -0.2) is 0 Å². The number of para-hydroxylation sites is 2. The molecule has 0 aliphatic carbocycles. The molecule has 3 aromatic carbocycles. The number of fused-ring (bicyclic) bond motifs is 6. The molecule has 0 bridgehead atoms. The van der Waals surface area contributed by atoms with E-state index in [-0.39, 0.29) is 17.5 Å². The van der Waals surface area contributed by atoms with Crippen LogP contribution in [0.3, 0.4) is 0 Å². The molecule has 1 N–H and O–H groups in total. The van der Waals surface area contributed by atoms with E-state index in [0.29, 0.717) is 21.9 Å². The van der Waals surface area contributed by atoms with Crippen LogP contribution >= 0.6 is 11.3 Å². The van der Waals surface area contributed by atoms with Crippen LogP contribution in [-0.4, -0.2) is 36.7 Å². The number of anilines is 2. The van der Waals surface area contributed by atoms with E-state index in [9.17, 15) is 14.4 Å². The summed E-state index contributed by atoms with van der Waals surface area (Å²) in [5.74, 6) is -1.00. The summed E-state index contributed by atoms with van der Waals surface area (Å²) in [6, 6.07) is 24.6. The molecule has 3 aliphatic heterocycles. The van der Waals surface area contributed by atoms with Crippen LogP contribution in [0, 0.1) is 5.92 Å². The summed E-state index contributed by atoms with van der Waals surface area (Å²) < 4.78 is 5.32. The number of benzene rings is 3. The van der Waals surface area contributed by atoms with Crippen molar-refractivity contribution in [2.24, 2.45) is 5.92 Å². The van der Waals surface area contributed by atoms with E-state index >= 15 is 0 Å². The summed E-state index contributed by atoms with van der Waals surface area (Å²) in [7, 11) is 1.58. The zero-order valence-corrected chi connectivity index (χ0v) is 22.8. The summed E-state index contributed by atoms with van der Waals surface area (Å²) in [5.41, 5.74) is 3.42. The third-order valence-electron chi connectivity index (χ3n) is 8.57. The summed E-state index contributed by atoms with van der Waals surface area (Å²) in [6.45, 7) is 2.03. The Hall–Kier alpha value is -4.49. The standard InChI is InChI=1S/C33H26N2O4S/c1-19-18-27-33(23-9-4-5-10-24(23)34-32(33)38)28(31(37)26-12-7-17-40-26)29(35(27)25-11-6-3-8-22(19)25)30(36)20-13-15-21(39-2)16-14-20/h3-18,27-29H,1-2H3,(H,34,38)/t27-,28-,29+,33-/m0/s1. The molecule has 0 unspecified atom stereocenters. The molecule has 4 heterocycles. The molecule has 1 spiro atoms. The Bertz CT molecular complexity index is 1710. The van der Waals surface area contributed by atoms with Gasteiger partial charge in [0.25, 0.3) is 0 Å². The number of thiophene rings is 1. The lowest BCUT2D eigenvalue weighted by Gasteiger charge is -2.39. The minimum atomic E-state index is -1.31. The SMILES string of the molecule is COc1ccc(C(=O)[C@H]2[C@@H](C(=O)c3cccs3)[C@@]3(C(=O)Nc4ccccc43)[C@@H]3C=C(C)c4ccccc4N32)cc1. The molecule has 40 heavy (non-hydrogen) atoms. The molecule has 0 radical (unpaired) electrons. The predicted molar refractivity (Wildman–Crippen MR) is 156 cm³/mol. The van der Waals surface area contributed by atoms with Crippen molar-refractivity contribution in [1.82, 2.24) is 0 Å². The molecule has 4 atom stereocenters. The highest BCUT2D eigenvalue weighted by molar-refractivity contribution is 7.12. The number of nitrogens with zero attached hydrogens (tertiary/aromatic N) is 1. The van der Waals surface area contributed by atoms with Gasteiger partial charge in [0.05, 0.1) is 23.9 Å². The van der Waals surface area contributed by atoms with Crippen LogP contribution in [0.1, 0.15) is 38.1 Å². The van der Waals surface area contributed by atoms with E-state index in [1.54, 1.807) is 37.4 Å². The number of allylic oxidation sites excluding steroid dienone is 1. The Labute approximate surface area is 235 Å². The predicted octanol–water partition coefficient (Wildman–Crippen LogP) is 6.00. The molecule has 1 fully saturated rings. The zero-order valence-electron chi connectivity index (χ0n) is 22.0. The van der Waals surface area contributed by atoms with E-state index in [4.69, 9.17) is 4.74 Å². The van der Waals surface area contributed by atoms with Crippen molar-refractivity contribution in [3.05, 3.63) is 118 Å². The van der Waals surface area contributed by atoms with Crippen molar-refractivity contribution in [1.29, 1.82) is 0 Å². The number of methoxy groups -OCH3 is 1. The monoisotopic (exact) mass is 546 g/mol. The number of rotatable bonds is 5. The highest BCUT2D eigenvalue weighted by Crippen LogP contribution is 2.59. The topological polar surface area (TPSA) is 75.7 Å². The molecular formula is C33H26N2O4S. The molecule has 7 rings (SSSR count). The maximum Gasteiger partial charge on any atom is 0.238 e. The molecule has 7 heteroatoms. The smallest absolute Gasteiger partial charge is 0.238 e. The number of ether oxygens (including phenoxy) is 1. The minimum Gasteiger partial charge on any atom is -0.497 e. The Kier molecular flexibility index (Phi) is 5.54. The van der Waals surface area contributed by atoms with Gasteiger partial charge in [0.1, 0.15) is 17.2 Å². The first kappa shape index (κ1) is 24.5. The fourth-order valence-corrected chi connectivity index (χ4v) is 7.59. The van der Waals surface area contributed by atoms with Gasteiger partial charge in [-0.05, 0) is 65.9 Å². The summed E-state index contributed by atoms with van der Waals surface area (Å²) >= 11 is 1.33. The minimum absolute atomic E-state index is 0.202. The molecule has 198 valence electrons. The second-order valence-corrected chi connectivity index (χ2v) is 11.4. The number of carbonyl (C=O) groups excluding carboxylic acids is 3. The molecular weight excluding hydrogens is 520 g/mol. The summed E-state index contributed by atoms with van der Waals surface area (Å²) in [4.78, 5) is 46.2. The molecule has 0 saturated carbocycles. The lowest BCUT2D eigenvalue weighted by molar-refractivity contribution is -0.121. The van der Waals surface area contributed by atoms with Crippen molar-refractivity contribution in [3.63, 3.8) is 0 Å². The zero-order chi connectivity index (χ0) is 27.6. The first-order chi connectivity index (χ1) is 19.5. The third kappa shape index (κ3) is 3.24. The van der Waals surface area contributed by atoms with E-state index in [0.717, 1.165) is 22.4 Å². The first-order valence-electron chi connectivity index (χ1n) is 13.2. The highest BCUT2D eigenvalue weighted by atomic mass is 32.1. The van der Waals surface area contributed by atoms with Crippen LogP contribution in [0.25, 0.3) is 5.57 Å². The van der Waals surface area contributed by atoms with Gasteiger partial charge in [-0.3, -0.25) is 14.4 Å². The number of carbonyl (C=O) groups is 3. The van der Waals surface area contributed by atoms with Crippen molar-refractivity contribution < 1.29 is 19.1 Å². The normalized spacial score (nSPS) is 24.1. The highest BCUT2D eigenvalue weighted by Gasteiger charge is 2.70. The van der Waals surface area contributed by atoms with Crippen LogP contribution in [0.2, 0.25) is 0 Å². The van der Waals surface area contributed by atoms with Crippen LogP contribution in [0.4, 0.5) is 11.4 Å².